The molecule has 0 radical (unpaired) electrons. The molecule has 0 rings (SSSR count). The predicted molar refractivity (Wildman–Crippen MR) is 55.8 cm³/mol. The van der Waals surface area contributed by atoms with Gasteiger partial charge in [0.05, 0.1) is 0 Å². The second kappa shape index (κ2) is 5.03. The van der Waals surface area contributed by atoms with Crippen LogP contribution in [0.2, 0.25) is 0 Å². The average Bonchev–Trinajstić information content (AvgIpc) is 2.16. The molecule has 0 bridgehead atoms. The van der Waals surface area contributed by atoms with Crippen LogP contribution in [0.4, 0.5) is 13.2 Å². The van der Waals surface area contributed by atoms with E-state index in [-0.39, 0.29) is 12.6 Å². The van der Waals surface area contributed by atoms with E-state index in [2.05, 4.69) is 0 Å². The third-order valence-electron chi connectivity index (χ3n) is 2.76. The first-order chi connectivity index (χ1) is 7.09. The number of nitrogens with two attached hydrogens (primary N) is 1. The monoisotopic (exact) mass is 240 g/mol. The highest BCUT2D eigenvalue weighted by atomic mass is 19.4. The smallest absolute Gasteiger partial charge is 0.338 e. The maximum absolute atomic E-state index is 12.6. The summed E-state index contributed by atoms with van der Waals surface area (Å²) in [6, 6.07) is -0.247. The topological polar surface area (TPSA) is 46.3 Å². The van der Waals surface area contributed by atoms with Gasteiger partial charge >= 0.3 is 6.18 Å². The van der Waals surface area contributed by atoms with Crippen molar-refractivity contribution in [1.82, 2.24) is 4.90 Å². The molecule has 0 aliphatic heterocycles. The zero-order valence-electron chi connectivity index (χ0n) is 10.1. The highest BCUT2D eigenvalue weighted by Gasteiger charge is 2.55. The number of hydrogen-bond acceptors (Lipinski definition) is 2. The van der Waals surface area contributed by atoms with Crippen molar-refractivity contribution in [3.63, 3.8) is 0 Å². The van der Waals surface area contributed by atoms with Crippen molar-refractivity contribution < 1.29 is 18.0 Å². The van der Waals surface area contributed by atoms with Crippen molar-refractivity contribution in [2.75, 3.05) is 6.54 Å². The van der Waals surface area contributed by atoms with E-state index in [1.54, 1.807) is 13.8 Å². The summed E-state index contributed by atoms with van der Waals surface area (Å²) in [5, 5.41) is 0. The number of halogens is 3. The van der Waals surface area contributed by atoms with Gasteiger partial charge in [-0.25, -0.2) is 0 Å². The normalized spacial score (nSPS) is 17.8. The van der Waals surface area contributed by atoms with Gasteiger partial charge in [0.15, 0.2) is 5.54 Å². The Bertz CT molecular complexity index is 251. The maximum atomic E-state index is 12.6. The number of hydrogen-bond donors (Lipinski definition) is 1. The zero-order valence-corrected chi connectivity index (χ0v) is 10.1. The van der Waals surface area contributed by atoms with Gasteiger partial charge in [-0.05, 0) is 27.2 Å². The Balaban J connectivity index is 5.03. The molecule has 96 valence electrons. The molecule has 0 aliphatic carbocycles. The van der Waals surface area contributed by atoms with Crippen LogP contribution in [0.5, 0.6) is 0 Å². The van der Waals surface area contributed by atoms with Gasteiger partial charge < -0.3 is 10.6 Å². The number of rotatable bonds is 4. The minimum Gasteiger partial charge on any atom is -0.338 e. The molecule has 0 aromatic carbocycles. The Hall–Kier alpha value is -0.780. The summed E-state index contributed by atoms with van der Waals surface area (Å²) in [5.41, 5.74) is 2.28. The lowest BCUT2D eigenvalue weighted by molar-refractivity contribution is -0.194. The Kier molecular flexibility index (Phi) is 4.79. The van der Waals surface area contributed by atoms with E-state index in [1.165, 1.54) is 0 Å². The van der Waals surface area contributed by atoms with Crippen LogP contribution in [0.1, 0.15) is 34.1 Å². The minimum atomic E-state index is -4.73. The second-order valence-corrected chi connectivity index (χ2v) is 4.05. The van der Waals surface area contributed by atoms with Crippen LogP contribution in [0.3, 0.4) is 0 Å². The Morgan fingerprint density at radius 2 is 1.81 bits per heavy atom. The van der Waals surface area contributed by atoms with Crippen LogP contribution in [-0.2, 0) is 4.79 Å². The molecule has 0 fully saturated rings. The summed E-state index contributed by atoms with van der Waals surface area (Å²) >= 11 is 0. The largest absolute Gasteiger partial charge is 0.415 e. The van der Waals surface area contributed by atoms with Crippen LogP contribution in [0.15, 0.2) is 0 Å². The van der Waals surface area contributed by atoms with Gasteiger partial charge in [0.2, 0.25) is 0 Å². The van der Waals surface area contributed by atoms with Crippen molar-refractivity contribution in [1.29, 1.82) is 0 Å². The summed E-state index contributed by atoms with van der Waals surface area (Å²) < 4.78 is 37.7. The molecule has 0 aliphatic rings. The molecule has 1 amide bonds. The SMILES string of the molecule is CCC(C)N(CC)C(=O)C(C)(N)C(F)(F)F. The summed E-state index contributed by atoms with van der Waals surface area (Å²) in [6.45, 7) is 6.07. The van der Waals surface area contributed by atoms with Crippen molar-refractivity contribution in [3.8, 4) is 0 Å². The Morgan fingerprint density at radius 1 is 1.38 bits per heavy atom. The third-order valence-corrected chi connectivity index (χ3v) is 2.76. The van der Waals surface area contributed by atoms with Crippen LogP contribution >= 0.6 is 0 Å². The van der Waals surface area contributed by atoms with E-state index in [0.29, 0.717) is 13.3 Å². The Morgan fingerprint density at radius 3 is 2.06 bits per heavy atom. The molecule has 0 aromatic heterocycles. The summed E-state index contributed by atoms with van der Waals surface area (Å²) in [6.07, 6.45) is -4.14. The number of amides is 1. The lowest BCUT2D eigenvalue weighted by Gasteiger charge is -2.35. The number of nitrogens with zero attached hydrogens (tertiary/aromatic N) is 1. The van der Waals surface area contributed by atoms with Gasteiger partial charge in [0, 0.05) is 12.6 Å². The van der Waals surface area contributed by atoms with E-state index in [1.807, 2.05) is 6.92 Å². The van der Waals surface area contributed by atoms with Crippen molar-refractivity contribution in [2.24, 2.45) is 5.73 Å². The zero-order chi connectivity index (χ0) is 13.1. The number of alkyl halides is 3. The molecule has 0 heterocycles. The van der Waals surface area contributed by atoms with Gasteiger partial charge in [-0.3, -0.25) is 4.79 Å². The van der Waals surface area contributed by atoms with E-state index in [0.717, 1.165) is 4.90 Å². The van der Waals surface area contributed by atoms with Crippen LogP contribution in [-0.4, -0.2) is 35.1 Å². The first-order valence-electron chi connectivity index (χ1n) is 5.26. The summed E-state index contributed by atoms with van der Waals surface area (Å²) in [7, 11) is 0. The second-order valence-electron chi connectivity index (χ2n) is 4.05. The van der Waals surface area contributed by atoms with E-state index in [4.69, 9.17) is 5.73 Å². The molecule has 3 nitrogen and oxygen atoms in total. The summed E-state index contributed by atoms with van der Waals surface area (Å²) in [5.74, 6) is -1.07. The lowest BCUT2D eigenvalue weighted by Crippen LogP contribution is -2.63. The fraction of sp³-hybridized carbons (Fsp3) is 0.900. The van der Waals surface area contributed by atoms with Gasteiger partial charge in [-0.1, -0.05) is 6.92 Å². The highest BCUT2D eigenvalue weighted by molar-refractivity contribution is 5.86. The third kappa shape index (κ3) is 2.87. The Labute approximate surface area is 93.8 Å². The maximum Gasteiger partial charge on any atom is 0.415 e. The quantitative estimate of drug-likeness (QED) is 0.816. The van der Waals surface area contributed by atoms with Crippen LogP contribution in [0.25, 0.3) is 0 Å². The molecular formula is C10H19F3N2O. The molecule has 2 unspecified atom stereocenters. The number of likely N-dealkylation sites (N-methyl/N-ethyl adjacent to an activating group) is 1. The molecule has 2 N–H and O–H groups in total. The molecule has 0 spiro atoms. The molecule has 0 aromatic rings. The van der Waals surface area contributed by atoms with Gasteiger partial charge in [-0.2, -0.15) is 13.2 Å². The number of carbonyl (C=O) groups excluding carboxylic acids is 1. The van der Waals surface area contributed by atoms with Gasteiger partial charge in [-0.15, -0.1) is 0 Å². The van der Waals surface area contributed by atoms with Crippen molar-refractivity contribution in [2.45, 2.75) is 51.9 Å². The molecular weight excluding hydrogens is 221 g/mol. The summed E-state index contributed by atoms with van der Waals surface area (Å²) in [4.78, 5) is 12.9. The fourth-order valence-electron chi connectivity index (χ4n) is 1.30. The fourth-order valence-corrected chi connectivity index (χ4v) is 1.30. The van der Waals surface area contributed by atoms with Crippen molar-refractivity contribution in [3.05, 3.63) is 0 Å². The standard InChI is InChI=1S/C10H19F3N2O/c1-5-7(3)15(6-2)8(16)9(4,14)10(11,12)13/h7H,5-6,14H2,1-4H3. The molecule has 2 atom stereocenters. The van der Waals surface area contributed by atoms with Crippen molar-refractivity contribution >= 4 is 5.91 Å². The molecule has 16 heavy (non-hydrogen) atoms. The minimum absolute atomic E-state index is 0.219. The van der Waals surface area contributed by atoms with Gasteiger partial charge in [0.25, 0.3) is 5.91 Å². The first kappa shape index (κ1) is 15.2. The van der Waals surface area contributed by atoms with Crippen LogP contribution in [0, 0.1) is 0 Å². The van der Waals surface area contributed by atoms with Crippen LogP contribution < -0.4 is 5.73 Å². The highest BCUT2D eigenvalue weighted by Crippen LogP contribution is 2.30. The lowest BCUT2D eigenvalue weighted by atomic mass is 10.00. The van der Waals surface area contributed by atoms with E-state index >= 15 is 0 Å². The molecule has 0 saturated heterocycles. The first-order valence-corrected chi connectivity index (χ1v) is 5.26. The average molecular weight is 240 g/mol. The van der Waals surface area contributed by atoms with E-state index < -0.39 is 17.6 Å². The predicted octanol–water partition coefficient (Wildman–Crippen LogP) is 1.91. The number of carbonyl (C=O) groups is 1. The van der Waals surface area contributed by atoms with E-state index in [9.17, 15) is 18.0 Å². The van der Waals surface area contributed by atoms with Gasteiger partial charge in [0.1, 0.15) is 0 Å². The molecule has 6 heteroatoms. The molecule has 0 saturated carbocycles.